The minimum Gasteiger partial charge on any atom is -0.477 e. The van der Waals surface area contributed by atoms with Gasteiger partial charge in [0.2, 0.25) is 0 Å². The van der Waals surface area contributed by atoms with Crippen molar-refractivity contribution in [1.29, 1.82) is 0 Å². The molecule has 1 heterocycles. The molecule has 72 valence electrons. The smallest absolute Gasteiger partial charge is 0.387 e. The van der Waals surface area contributed by atoms with E-state index in [1.165, 1.54) is 0 Å². The Morgan fingerprint density at radius 1 is 1.69 bits per heavy atom. The first-order valence-electron chi connectivity index (χ1n) is 2.98. The molecule has 0 atom stereocenters. The van der Waals surface area contributed by atoms with Gasteiger partial charge in [-0.25, -0.2) is 4.79 Å². The summed E-state index contributed by atoms with van der Waals surface area (Å²) in [5.41, 5.74) is 0. The lowest BCUT2D eigenvalue weighted by Crippen LogP contribution is -2.04. The number of hydrogen-bond acceptors (Lipinski definition) is 3. The summed E-state index contributed by atoms with van der Waals surface area (Å²) >= 11 is 6.10. The monoisotopic (exact) mass is 228 g/mol. The normalized spacial score (nSPS) is 10.5. The molecule has 0 bridgehead atoms. The van der Waals surface area contributed by atoms with Crippen LogP contribution in [0.3, 0.4) is 0 Å². The Bertz CT molecular complexity index is 326. The van der Waals surface area contributed by atoms with Gasteiger partial charge in [-0.3, -0.25) is 0 Å². The topological polar surface area (TPSA) is 46.5 Å². The van der Waals surface area contributed by atoms with Gasteiger partial charge < -0.3 is 9.84 Å². The predicted octanol–water partition coefficient (Wildman–Crippen LogP) is 2.70. The van der Waals surface area contributed by atoms with Gasteiger partial charge in [-0.15, -0.1) is 11.3 Å². The van der Waals surface area contributed by atoms with E-state index in [2.05, 4.69) is 4.74 Å². The Labute approximate surface area is 80.5 Å². The van der Waals surface area contributed by atoms with Crippen LogP contribution in [-0.2, 0) is 0 Å². The third-order valence-corrected chi connectivity index (χ3v) is 2.31. The van der Waals surface area contributed by atoms with Gasteiger partial charge >= 0.3 is 12.6 Å². The van der Waals surface area contributed by atoms with Gasteiger partial charge in [0, 0.05) is 6.07 Å². The molecule has 0 radical (unpaired) electrons. The van der Waals surface area contributed by atoms with E-state index < -0.39 is 18.3 Å². The summed E-state index contributed by atoms with van der Waals surface area (Å²) in [6.45, 7) is -3.05. The molecule has 0 aliphatic rings. The van der Waals surface area contributed by atoms with Crippen LogP contribution in [0, 0.1) is 0 Å². The number of carbonyl (C=O) groups is 1. The highest BCUT2D eigenvalue weighted by Crippen LogP contribution is 2.33. The first-order chi connectivity index (χ1) is 6.00. The maximum Gasteiger partial charge on any atom is 0.387 e. The lowest BCUT2D eigenvalue weighted by Gasteiger charge is -2.01. The lowest BCUT2D eigenvalue weighted by atomic mass is 10.4. The second kappa shape index (κ2) is 3.89. The minimum absolute atomic E-state index is 0.0908. The number of rotatable bonds is 3. The molecule has 1 aromatic rings. The van der Waals surface area contributed by atoms with E-state index >= 15 is 0 Å². The maximum atomic E-state index is 11.7. The number of alkyl halides is 2. The fourth-order valence-electron chi connectivity index (χ4n) is 0.678. The molecule has 0 saturated carbocycles. The standard InChI is InChI=1S/C6H3ClF2O3S/c7-3-1-2(12-6(8)9)4(13-3)5(10)11/h1,6H,(H,10,11). The fraction of sp³-hybridized carbons (Fsp3) is 0.167. The van der Waals surface area contributed by atoms with Crippen LogP contribution in [0.5, 0.6) is 5.75 Å². The van der Waals surface area contributed by atoms with Gasteiger partial charge in [-0.05, 0) is 0 Å². The van der Waals surface area contributed by atoms with Gasteiger partial charge in [0.25, 0.3) is 0 Å². The molecule has 0 aliphatic heterocycles. The molecule has 1 rings (SSSR count). The van der Waals surface area contributed by atoms with E-state index in [-0.39, 0.29) is 9.21 Å². The predicted molar refractivity (Wildman–Crippen MR) is 42.9 cm³/mol. The van der Waals surface area contributed by atoms with Crippen LogP contribution in [0.25, 0.3) is 0 Å². The zero-order chi connectivity index (χ0) is 10.0. The van der Waals surface area contributed by atoms with Crippen LogP contribution < -0.4 is 4.74 Å². The number of hydrogen-bond donors (Lipinski definition) is 1. The van der Waals surface area contributed by atoms with E-state index in [1.54, 1.807) is 0 Å². The highest BCUT2D eigenvalue weighted by atomic mass is 35.5. The van der Waals surface area contributed by atoms with Crippen molar-refractivity contribution in [3.05, 3.63) is 15.3 Å². The average Bonchev–Trinajstić information content (AvgIpc) is 2.29. The quantitative estimate of drug-likeness (QED) is 0.865. The first-order valence-corrected chi connectivity index (χ1v) is 4.17. The molecule has 0 aromatic carbocycles. The van der Waals surface area contributed by atoms with Crippen LogP contribution >= 0.6 is 22.9 Å². The van der Waals surface area contributed by atoms with Crippen molar-refractivity contribution in [2.24, 2.45) is 0 Å². The van der Waals surface area contributed by atoms with E-state index in [1.807, 2.05) is 0 Å². The van der Waals surface area contributed by atoms with E-state index in [9.17, 15) is 13.6 Å². The van der Waals surface area contributed by atoms with Crippen LogP contribution in [0.1, 0.15) is 9.67 Å². The van der Waals surface area contributed by atoms with Crippen molar-refractivity contribution in [3.8, 4) is 5.75 Å². The van der Waals surface area contributed by atoms with Crippen LogP contribution in [0.15, 0.2) is 6.07 Å². The van der Waals surface area contributed by atoms with Gasteiger partial charge in [0.1, 0.15) is 0 Å². The van der Waals surface area contributed by atoms with E-state index in [0.717, 1.165) is 6.07 Å². The lowest BCUT2D eigenvalue weighted by molar-refractivity contribution is -0.0499. The average molecular weight is 229 g/mol. The first kappa shape index (κ1) is 10.2. The summed E-state index contributed by atoms with van der Waals surface area (Å²) in [6.07, 6.45) is 0. The van der Waals surface area contributed by atoms with Crippen LogP contribution in [-0.4, -0.2) is 17.7 Å². The molecule has 0 spiro atoms. The molecule has 1 aromatic heterocycles. The van der Waals surface area contributed by atoms with Gasteiger partial charge in [-0.2, -0.15) is 8.78 Å². The minimum atomic E-state index is -3.05. The van der Waals surface area contributed by atoms with Gasteiger partial charge in [-0.1, -0.05) is 11.6 Å². The summed E-state index contributed by atoms with van der Waals surface area (Å²) in [5.74, 6) is -1.75. The van der Waals surface area contributed by atoms with Crippen molar-refractivity contribution in [1.82, 2.24) is 0 Å². The third kappa shape index (κ3) is 2.53. The Hall–Kier alpha value is -0.880. The van der Waals surface area contributed by atoms with E-state index in [0.29, 0.717) is 11.3 Å². The molecule has 0 saturated heterocycles. The highest BCUT2D eigenvalue weighted by molar-refractivity contribution is 7.18. The largest absolute Gasteiger partial charge is 0.477 e. The zero-order valence-corrected chi connectivity index (χ0v) is 7.53. The van der Waals surface area contributed by atoms with Crippen molar-refractivity contribution < 1.29 is 23.4 Å². The Morgan fingerprint density at radius 3 is 2.77 bits per heavy atom. The highest BCUT2D eigenvalue weighted by Gasteiger charge is 2.18. The van der Waals surface area contributed by atoms with Crippen molar-refractivity contribution in [2.75, 3.05) is 0 Å². The summed E-state index contributed by atoms with van der Waals surface area (Å²) in [7, 11) is 0. The third-order valence-electron chi connectivity index (χ3n) is 1.08. The number of carboxylic acid groups (broad SMARTS) is 1. The molecule has 0 aliphatic carbocycles. The number of carboxylic acids is 1. The molecule has 1 N–H and O–H groups in total. The van der Waals surface area contributed by atoms with Crippen LogP contribution in [0.4, 0.5) is 8.78 Å². The molecular weight excluding hydrogens is 226 g/mol. The number of aromatic carboxylic acids is 1. The fourth-order valence-corrected chi connectivity index (χ4v) is 1.66. The Balaban J connectivity index is 2.97. The molecule has 13 heavy (non-hydrogen) atoms. The molecule has 0 unspecified atom stereocenters. The second-order valence-electron chi connectivity index (χ2n) is 1.93. The van der Waals surface area contributed by atoms with E-state index in [4.69, 9.17) is 16.7 Å². The Morgan fingerprint density at radius 2 is 2.31 bits per heavy atom. The molecule has 3 nitrogen and oxygen atoms in total. The zero-order valence-electron chi connectivity index (χ0n) is 5.96. The maximum absolute atomic E-state index is 11.7. The Kier molecular flexibility index (Phi) is 3.05. The number of ether oxygens (including phenoxy) is 1. The van der Waals surface area contributed by atoms with Gasteiger partial charge in [0.05, 0.1) is 4.34 Å². The van der Waals surface area contributed by atoms with Gasteiger partial charge in [0.15, 0.2) is 10.6 Å². The second-order valence-corrected chi connectivity index (χ2v) is 3.61. The summed E-state index contributed by atoms with van der Waals surface area (Å²) in [5, 5.41) is 8.52. The SMILES string of the molecule is O=C(O)c1sc(Cl)cc1OC(F)F. The summed E-state index contributed by atoms with van der Waals surface area (Å²) in [6, 6.07) is 1.04. The van der Waals surface area contributed by atoms with Crippen molar-refractivity contribution in [3.63, 3.8) is 0 Å². The summed E-state index contributed by atoms with van der Waals surface area (Å²) in [4.78, 5) is 10.1. The molecule has 7 heteroatoms. The molecule has 0 fully saturated rings. The number of halogens is 3. The van der Waals surface area contributed by atoms with Crippen LogP contribution in [0.2, 0.25) is 4.34 Å². The molecule has 0 amide bonds. The number of thiophene rings is 1. The van der Waals surface area contributed by atoms with Crippen molar-refractivity contribution >= 4 is 28.9 Å². The summed E-state index contributed by atoms with van der Waals surface area (Å²) < 4.78 is 27.5. The van der Waals surface area contributed by atoms with Crippen molar-refractivity contribution in [2.45, 2.75) is 6.61 Å². The molecular formula is C6H3ClF2O3S.